The third kappa shape index (κ3) is 2.23. The van der Waals surface area contributed by atoms with Gasteiger partial charge in [-0.3, -0.25) is 9.59 Å². The Balaban J connectivity index is 1.67. The van der Waals surface area contributed by atoms with Crippen LogP contribution < -0.4 is 0 Å². The molecule has 26 heavy (non-hydrogen) atoms. The molecule has 0 aliphatic heterocycles. The second-order valence-electron chi connectivity index (χ2n) is 9.85. The highest BCUT2D eigenvalue weighted by molar-refractivity contribution is 6.40. The molecule has 4 aliphatic carbocycles. The number of nitrogens with one attached hydrogen (secondary N) is 1. The van der Waals surface area contributed by atoms with Crippen molar-refractivity contribution in [1.29, 1.82) is 5.41 Å². The van der Waals surface area contributed by atoms with Gasteiger partial charge in [0.2, 0.25) is 0 Å². The van der Waals surface area contributed by atoms with Gasteiger partial charge in [-0.2, -0.15) is 0 Å². The van der Waals surface area contributed by atoms with Crippen molar-refractivity contribution in [3.05, 3.63) is 12.2 Å². The zero-order valence-electron chi connectivity index (χ0n) is 16.1. The molecule has 2 N–H and O–H groups in total. The molecule has 3 fully saturated rings. The van der Waals surface area contributed by atoms with E-state index < -0.39 is 5.97 Å². The average molecular weight is 357 g/mol. The predicted molar refractivity (Wildman–Crippen MR) is 100 cm³/mol. The normalized spacial score (nSPS) is 48.5. The Hall–Kier alpha value is -1.45. The quantitative estimate of drug-likeness (QED) is 0.722. The maximum absolute atomic E-state index is 12.1. The summed E-state index contributed by atoms with van der Waals surface area (Å²) < 4.78 is 0. The number of hydrogen-bond donors (Lipinski definition) is 2. The van der Waals surface area contributed by atoms with Gasteiger partial charge in [0, 0.05) is 12.3 Å². The largest absolute Gasteiger partial charge is 0.481 e. The molecule has 4 aliphatic rings. The van der Waals surface area contributed by atoms with E-state index in [0.29, 0.717) is 29.9 Å². The van der Waals surface area contributed by atoms with Crippen LogP contribution in [0.4, 0.5) is 0 Å². The molecule has 0 radical (unpaired) electrons. The Morgan fingerprint density at radius 1 is 1.15 bits per heavy atom. The second kappa shape index (κ2) is 5.77. The van der Waals surface area contributed by atoms with Gasteiger partial charge in [-0.15, -0.1) is 0 Å². The van der Waals surface area contributed by atoms with E-state index in [1.807, 2.05) is 6.92 Å². The van der Waals surface area contributed by atoms with Crippen LogP contribution in [0.25, 0.3) is 0 Å². The molecule has 3 saturated carbocycles. The SMILES string of the molecule is CC(C(=O)O)[C@H]1CC[C@H]2[C@@H]3C=CC4C(=N)C(=O)CC[C@]4(C)[C@H]3CC[C@]12C. The molecule has 0 bridgehead atoms. The van der Waals surface area contributed by atoms with E-state index in [1.165, 1.54) is 0 Å². The summed E-state index contributed by atoms with van der Waals surface area (Å²) in [6.45, 7) is 6.52. The van der Waals surface area contributed by atoms with Gasteiger partial charge >= 0.3 is 5.97 Å². The summed E-state index contributed by atoms with van der Waals surface area (Å²) in [5.74, 6) is 0.842. The van der Waals surface area contributed by atoms with Crippen molar-refractivity contribution in [1.82, 2.24) is 0 Å². The van der Waals surface area contributed by atoms with Crippen molar-refractivity contribution >= 4 is 17.5 Å². The zero-order chi connectivity index (χ0) is 18.9. The first-order valence-corrected chi connectivity index (χ1v) is 10.2. The number of fused-ring (bicyclic) bond motifs is 5. The molecule has 0 saturated heterocycles. The number of carboxylic acids is 1. The average Bonchev–Trinajstić information content (AvgIpc) is 2.95. The van der Waals surface area contributed by atoms with Crippen LogP contribution in [0.3, 0.4) is 0 Å². The second-order valence-corrected chi connectivity index (χ2v) is 9.85. The van der Waals surface area contributed by atoms with Gasteiger partial charge in [0.15, 0.2) is 5.78 Å². The Bertz CT molecular complexity index is 698. The summed E-state index contributed by atoms with van der Waals surface area (Å²) >= 11 is 0. The number of Topliss-reactive ketones (excluding diaryl/α,β-unsaturated/α-hetero) is 1. The minimum absolute atomic E-state index is 0.0161. The van der Waals surface area contributed by atoms with Crippen LogP contribution in [-0.2, 0) is 9.59 Å². The van der Waals surface area contributed by atoms with Crippen LogP contribution in [0, 0.1) is 51.7 Å². The molecule has 2 unspecified atom stereocenters. The summed E-state index contributed by atoms with van der Waals surface area (Å²) in [5.41, 5.74) is 0.429. The summed E-state index contributed by atoms with van der Waals surface area (Å²) in [6, 6.07) is 0. The first-order valence-electron chi connectivity index (χ1n) is 10.2. The smallest absolute Gasteiger partial charge is 0.306 e. The van der Waals surface area contributed by atoms with Crippen LogP contribution in [0.1, 0.15) is 59.3 Å². The summed E-state index contributed by atoms with van der Waals surface area (Å²) in [4.78, 5) is 23.7. The monoisotopic (exact) mass is 357 g/mol. The van der Waals surface area contributed by atoms with Gasteiger partial charge in [0.05, 0.1) is 11.6 Å². The van der Waals surface area contributed by atoms with Gasteiger partial charge in [-0.1, -0.05) is 32.9 Å². The van der Waals surface area contributed by atoms with E-state index in [4.69, 9.17) is 5.41 Å². The molecular formula is C22H31NO3. The minimum atomic E-state index is -0.663. The number of carboxylic acid groups (broad SMARTS) is 1. The highest BCUT2D eigenvalue weighted by Gasteiger charge is 2.60. The van der Waals surface area contributed by atoms with Crippen LogP contribution in [-0.4, -0.2) is 22.6 Å². The lowest BCUT2D eigenvalue weighted by Gasteiger charge is -2.58. The number of allylic oxidation sites excluding steroid dienone is 2. The maximum atomic E-state index is 12.1. The van der Waals surface area contributed by atoms with E-state index in [2.05, 4.69) is 26.0 Å². The van der Waals surface area contributed by atoms with Crippen LogP contribution >= 0.6 is 0 Å². The minimum Gasteiger partial charge on any atom is -0.481 e. The van der Waals surface area contributed by atoms with Crippen molar-refractivity contribution in [2.45, 2.75) is 59.3 Å². The molecule has 4 nitrogen and oxygen atoms in total. The van der Waals surface area contributed by atoms with Crippen LogP contribution in [0.15, 0.2) is 12.2 Å². The molecule has 0 aromatic rings. The number of hydrogen-bond acceptors (Lipinski definition) is 3. The topological polar surface area (TPSA) is 78.2 Å². The van der Waals surface area contributed by atoms with Gasteiger partial charge in [-0.05, 0) is 66.6 Å². The molecule has 0 aromatic heterocycles. The number of rotatable bonds is 2. The van der Waals surface area contributed by atoms with Crippen molar-refractivity contribution in [3.8, 4) is 0 Å². The van der Waals surface area contributed by atoms with E-state index >= 15 is 0 Å². The fourth-order valence-electron chi connectivity index (χ4n) is 7.41. The number of carbonyl (C=O) groups excluding carboxylic acids is 1. The third-order valence-corrected chi connectivity index (χ3v) is 8.98. The highest BCUT2D eigenvalue weighted by atomic mass is 16.4. The fourth-order valence-corrected chi connectivity index (χ4v) is 7.41. The summed E-state index contributed by atoms with van der Waals surface area (Å²) in [6.07, 6.45) is 10.2. The highest BCUT2D eigenvalue weighted by Crippen LogP contribution is 2.66. The van der Waals surface area contributed by atoms with Gasteiger partial charge in [0.25, 0.3) is 0 Å². The third-order valence-electron chi connectivity index (χ3n) is 8.98. The molecule has 4 heteroatoms. The van der Waals surface area contributed by atoms with Gasteiger partial charge < -0.3 is 10.5 Å². The zero-order valence-corrected chi connectivity index (χ0v) is 16.1. The molecule has 0 heterocycles. The van der Waals surface area contributed by atoms with Crippen molar-refractivity contribution < 1.29 is 14.7 Å². The van der Waals surface area contributed by atoms with Crippen LogP contribution in [0.2, 0.25) is 0 Å². The van der Waals surface area contributed by atoms with E-state index in [9.17, 15) is 14.7 Å². The molecule has 8 atom stereocenters. The Kier molecular flexibility index (Phi) is 3.98. The van der Waals surface area contributed by atoms with Crippen molar-refractivity contribution in [2.75, 3.05) is 0 Å². The van der Waals surface area contributed by atoms with Crippen LogP contribution in [0.5, 0.6) is 0 Å². The first-order chi connectivity index (χ1) is 12.2. The van der Waals surface area contributed by atoms with E-state index in [0.717, 1.165) is 32.1 Å². The standard InChI is InChI=1S/C22H31NO3/c1-12(20(25)26)14-6-7-15-13-4-5-17-19(23)18(24)9-11-22(17,3)16(13)8-10-21(14,15)2/h4-5,12-17,23H,6-11H2,1-3H3,(H,25,26)/t12?,13-,14+,15-,16-,17?,21+,22+/m0/s1. The molecule has 142 valence electrons. The Morgan fingerprint density at radius 3 is 2.54 bits per heavy atom. The molecule has 4 rings (SSSR count). The van der Waals surface area contributed by atoms with Gasteiger partial charge in [0.1, 0.15) is 0 Å². The predicted octanol–water partition coefficient (Wildman–Crippen LogP) is 4.34. The number of aliphatic carboxylic acids is 1. The Morgan fingerprint density at radius 2 is 1.85 bits per heavy atom. The lowest BCUT2D eigenvalue weighted by Crippen LogP contribution is -2.54. The van der Waals surface area contributed by atoms with Crippen molar-refractivity contribution in [3.63, 3.8) is 0 Å². The van der Waals surface area contributed by atoms with E-state index in [-0.39, 0.29) is 34.4 Å². The van der Waals surface area contributed by atoms with E-state index in [1.54, 1.807) is 0 Å². The number of ketones is 1. The van der Waals surface area contributed by atoms with Crippen molar-refractivity contribution in [2.24, 2.45) is 46.3 Å². The number of carbonyl (C=O) groups is 2. The molecular weight excluding hydrogens is 326 g/mol. The summed E-state index contributed by atoms with van der Waals surface area (Å²) in [7, 11) is 0. The lowest BCUT2D eigenvalue weighted by molar-refractivity contribution is -0.146. The maximum Gasteiger partial charge on any atom is 0.306 e. The lowest BCUT2D eigenvalue weighted by atomic mass is 9.46. The first kappa shape index (κ1) is 17.9. The van der Waals surface area contributed by atoms with Gasteiger partial charge in [-0.25, -0.2) is 0 Å². The molecule has 0 aromatic carbocycles. The molecule has 0 amide bonds. The fraction of sp³-hybridized carbons (Fsp3) is 0.773. The summed E-state index contributed by atoms with van der Waals surface area (Å²) in [5, 5.41) is 17.9. The molecule has 0 spiro atoms. The Labute approximate surface area is 155 Å².